The van der Waals surface area contributed by atoms with Gasteiger partial charge in [0.05, 0.1) is 0 Å². The van der Waals surface area contributed by atoms with Gasteiger partial charge in [0, 0.05) is 6.04 Å². The highest BCUT2D eigenvalue weighted by Crippen LogP contribution is 2.27. The summed E-state index contributed by atoms with van der Waals surface area (Å²) in [4.78, 5) is 0. The van der Waals surface area contributed by atoms with E-state index in [1.807, 2.05) is 12.1 Å². The van der Waals surface area contributed by atoms with Crippen molar-refractivity contribution >= 4 is 0 Å². The molecule has 0 aliphatic rings. The minimum atomic E-state index is -0.158. The molecular formula is C13H21FN2. The summed E-state index contributed by atoms with van der Waals surface area (Å²) in [7, 11) is 0. The van der Waals surface area contributed by atoms with Crippen molar-refractivity contribution in [2.45, 2.75) is 39.7 Å². The molecule has 1 aromatic rings. The molecule has 0 saturated carbocycles. The Labute approximate surface area is 97.0 Å². The maximum Gasteiger partial charge on any atom is 0.126 e. The van der Waals surface area contributed by atoms with Crippen LogP contribution < -0.4 is 11.3 Å². The van der Waals surface area contributed by atoms with E-state index < -0.39 is 0 Å². The van der Waals surface area contributed by atoms with Crippen LogP contribution >= 0.6 is 0 Å². The molecule has 1 rings (SSSR count). The van der Waals surface area contributed by atoms with E-state index in [1.54, 1.807) is 6.07 Å². The molecule has 0 fully saturated rings. The molecule has 2 nitrogen and oxygen atoms in total. The maximum atomic E-state index is 13.5. The zero-order chi connectivity index (χ0) is 12.2. The monoisotopic (exact) mass is 224 g/mol. The summed E-state index contributed by atoms with van der Waals surface area (Å²) >= 11 is 0. The van der Waals surface area contributed by atoms with Crippen LogP contribution in [0.15, 0.2) is 24.3 Å². The summed E-state index contributed by atoms with van der Waals surface area (Å²) in [6, 6.07) is 6.93. The fraction of sp³-hybridized carbons (Fsp3) is 0.538. The summed E-state index contributed by atoms with van der Waals surface area (Å²) < 4.78 is 13.5. The normalized spacial score (nSPS) is 13.8. The van der Waals surface area contributed by atoms with Crippen LogP contribution in [0.5, 0.6) is 0 Å². The maximum absolute atomic E-state index is 13.5. The van der Waals surface area contributed by atoms with E-state index in [1.165, 1.54) is 6.07 Å². The molecule has 0 aliphatic heterocycles. The molecule has 0 spiro atoms. The van der Waals surface area contributed by atoms with E-state index in [-0.39, 0.29) is 17.3 Å². The van der Waals surface area contributed by atoms with Gasteiger partial charge in [-0.05, 0) is 29.9 Å². The molecule has 3 N–H and O–H groups in total. The van der Waals surface area contributed by atoms with Gasteiger partial charge in [-0.2, -0.15) is 0 Å². The highest BCUT2D eigenvalue weighted by atomic mass is 19.1. The van der Waals surface area contributed by atoms with Crippen molar-refractivity contribution in [2.24, 2.45) is 11.3 Å². The number of halogens is 1. The number of hydrogen-bond donors (Lipinski definition) is 2. The zero-order valence-corrected chi connectivity index (χ0v) is 10.3. The summed E-state index contributed by atoms with van der Waals surface area (Å²) in [5, 5.41) is 0. The van der Waals surface area contributed by atoms with Crippen molar-refractivity contribution in [1.29, 1.82) is 0 Å². The second kappa shape index (κ2) is 5.41. The van der Waals surface area contributed by atoms with Crippen LogP contribution in [-0.2, 0) is 6.42 Å². The van der Waals surface area contributed by atoms with E-state index in [4.69, 9.17) is 5.84 Å². The second-order valence-electron chi connectivity index (χ2n) is 4.86. The molecule has 1 aromatic carbocycles. The van der Waals surface area contributed by atoms with Crippen LogP contribution in [0.4, 0.5) is 4.39 Å². The lowest BCUT2D eigenvalue weighted by Gasteiger charge is -2.33. The molecule has 90 valence electrons. The zero-order valence-electron chi connectivity index (χ0n) is 10.3. The Hall–Kier alpha value is -0.930. The third kappa shape index (κ3) is 3.03. The molecule has 0 amide bonds. The van der Waals surface area contributed by atoms with Gasteiger partial charge in [0.15, 0.2) is 0 Å². The van der Waals surface area contributed by atoms with Crippen LogP contribution in [0.3, 0.4) is 0 Å². The summed E-state index contributed by atoms with van der Waals surface area (Å²) in [5.41, 5.74) is 3.57. The van der Waals surface area contributed by atoms with Gasteiger partial charge in [0.1, 0.15) is 5.82 Å². The van der Waals surface area contributed by atoms with Crippen molar-refractivity contribution in [3.8, 4) is 0 Å². The molecule has 16 heavy (non-hydrogen) atoms. The number of hydrazine groups is 1. The molecule has 0 saturated heterocycles. The van der Waals surface area contributed by atoms with E-state index in [0.29, 0.717) is 12.0 Å². The molecule has 0 heterocycles. The Balaban J connectivity index is 2.82. The van der Waals surface area contributed by atoms with Crippen molar-refractivity contribution in [3.63, 3.8) is 0 Å². The first-order valence-corrected chi connectivity index (χ1v) is 5.70. The SMILES string of the molecule is CCC(C)(C)C(Cc1ccccc1F)NN. The molecule has 0 radical (unpaired) electrons. The molecule has 0 aromatic heterocycles. The minimum absolute atomic E-state index is 0.0526. The first-order valence-electron chi connectivity index (χ1n) is 5.70. The number of benzene rings is 1. The predicted molar refractivity (Wildman–Crippen MR) is 65.3 cm³/mol. The number of rotatable bonds is 5. The molecule has 3 heteroatoms. The predicted octanol–water partition coefficient (Wildman–Crippen LogP) is 2.64. The van der Waals surface area contributed by atoms with E-state index in [0.717, 1.165) is 6.42 Å². The largest absolute Gasteiger partial charge is 0.271 e. The van der Waals surface area contributed by atoms with Gasteiger partial charge in [0.25, 0.3) is 0 Å². The lowest BCUT2D eigenvalue weighted by molar-refractivity contribution is 0.230. The lowest BCUT2D eigenvalue weighted by atomic mass is 9.79. The molecule has 1 atom stereocenters. The average Bonchev–Trinajstić information content (AvgIpc) is 2.27. The van der Waals surface area contributed by atoms with Gasteiger partial charge in [-0.25, -0.2) is 4.39 Å². The van der Waals surface area contributed by atoms with Gasteiger partial charge in [0.2, 0.25) is 0 Å². The van der Waals surface area contributed by atoms with Gasteiger partial charge in [-0.15, -0.1) is 0 Å². The summed E-state index contributed by atoms with van der Waals surface area (Å²) in [6.45, 7) is 6.39. The summed E-state index contributed by atoms with van der Waals surface area (Å²) in [6.07, 6.45) is 1.61. The summed E-state index contributed by atoms with van der Waals surface area (Å²) in [5.74, 6) is 5.40. The van der Waals surface area contributed by atoms with E-state index in [9.17, 15) is 4.39 Å². The van der Waals surface area contributed by atoms with Gasteiger partial charge in [-0.1, -0.05) is 39.0 Å². The van der Waals surface area contributed by atoms with Crippen molar-refractivity contribution in [2.75, 3.05) is 0 Å². The highest BCUT2D eigenvalue weighted by Gasteiger charge is 2.27. The lowest BCUT2D eigenvalue weighted by Crippen LogP contribution is -2.47. The minimum Gasteiger partial charge on any atom is -0.271 e. The van der Waals surface area contributed by atoms with Crippen LogP contribution in [0, 0.1) is 11.2 Å². The fourth-order valence-electron chi connectivity index (χ4n) is 1.69. The Morgan fingerprint density at radius 2 is 2.00 bits per heavy atom. The quantitative estimate of drug-likeness (QED) is 0.596. The van der Waals surface area contributed by atoms with Crippen LogP contribution in [0.1, 0.15) is 32.8 Å². The Morgan fingerprint density at radius 3 is 2.50 bits per heavy atom. The number of nitrogens with two attached hydrogens (primary N) is 1. The molecule has 1 unspecified atom stereocenters. The molecular weight excluding hydrogens is 203 g/mol. The Bertz CT molecular complexity index is 336. The van der Waals surface area contributed by atoms with E-state index >= 15 is 0 Å². The van der Waals surface area contributed by atoms with E-state index in [2.05, 4.69) is 26.2 Å². The van der Waals surface area contributed by atoms with Crippen molar-refractivity contribution < 1.29 is 4.39 Å². The topological polar surface area (TPSA) is 38.0 Å². The fourth-order valence-corrected chi connectivity index (χ4v) is 1.69. The first-order chi connectivity index (χ1) is 7.51. The number of nitrogens with one attached hydrogen (secondary N) is 1. The standard InChI is InChI=1S/C13H21FN2/c1-4-13(2,3)12(16-15)9-10-7-5-6-8-11(10)14/h5-8,12,16H,4,9,15H2,1-3H3. The average molecular weight is 224 g/mol. The second-order valence-corrected chi connectivity index (χ2v) is 4.86. The van der Waals surface area contributed by atoms with Crippen molar-refractivity contribution in [3.05, 3.63) is 35.6 Å². The third-order valence-electron chi connectivity index (χ3n) is 3.44. The number of hydrogen-bond acceptors (Lipinski definition) is 2. The Morgan fingerprint density at radius 1 is 1.38 bits per heavy atom. The van der Waals surface area contributed by atoms with Crippen LogP contribution in [0.25, 0.3) is 0 Å². The first kappa shape index (κ1) is 13.1. The Kier molecular flexibility index (Phi) is 4.44. The highest BCUT2D eigenvalue weighted by molar-refractivity contribution is 5.19. The van der Waals surface area contributed by atoms with Gasteiger partial charge < -0.3 is 0 Å². The van der Waals surface area contributed by atoms with Gasteiger partial charge >= 0.3 is 0 Å². The molecule has 0 aliphatic carbocycles. The van der Waals surface area contributed by atoms with Crippen LogP contribution in [-0.4, -0.2) is 6.04 Å². The van der Waals surface area contributed by atoms with Crippen LogP contribution in [0.2, 0.25) is 0 Å². The van der Waals surface area contributed by atoms with Gasteiger partial charge in [-0.3, -0.25) is 11.3 Å². The molecule has 0 bridgehead atoms. The smallest absolute Gasteiger partial charge is 0.126 e. The third-order valence-corrected chi connectivity index (χ3v) is 3.44. The van der Waals surface area contributed by atoms with Crippen molar-refractivity contribution in [1.82, 2.24) is 5.43 Å².